The van der Waals surface area contributed by atoms with Gasteiger partial charge in [0.25, 0.3) is 0 Å². The third kappa shape index (κ3) is 6.26. The second-order valence-electron chi connectivity index (χ2n) is 3.98. The molecule has 0 fully saturated rings. The number of thiazole rings is 1. The summed E-state index contributed by atoms with van der Waals surface area (Å²) >= 11 is 1.65. The summed E-state index contributed by atoms with van der Waals surface area (Å²) in [6.07, 6.45) is 5.19. The molecule has 0 bridgehead atoms. The van der Waals surface area contributed by atoms with Gasteiger partial charge >= 0.3 is 5.97 Å². The SMILES string of the molecule is CCc1csc(NCCCCCCC(=O)O)n1. The van der Waals surface area contributed by atoms with Gasteiger partial charge in [-0.3, -0.25) is 4.79 Å². The number of unbranched alkanes of at least 4 members (excludes halogenated alkanes) is 3. The molecule has 0 unspecified atom stereocenters. The number of nitrogens with zero attached hydrogens (tertiary/aromatic N) is 1. The molecule has 0 spiro atoms. The lowest BCUT2D eigenvalue weighted by Gasteiger charge is -2.02. The van der Waals surface area contributed by atoms with Crippen molar-refractivity contribution < 1.29 is 9.90 Å². The van der Waals surface area contributed by atoms with Crippen molar-refractivity contribution in [2.75, 3.05) is 11.9 Å². The van der Waals surface area contributed by atoms with Gasteiger partial charge in [0.05, 0.1) is 5.69 Å². The molecular weight excluding hydrogens is 236 g/mol. The summed E-state index contributed by atoms with van der Waals surface area (Å²) in [5, 5.41) is 14.8. The quantitative estimate of drug-likeness (QED) is 0.666. The molecule has 0 atom stereocenters. The molecule has 1 aromatic rings. The van der Waals surface area contributed by atoms with Gasteiger partial charge in [-0.15, -0.1) is 11.3 Å². The molecule has 1 aromatic heterocycles. The molecule has 1 heterocycles. The van der Waals surface area contributed by atoms with Gasteiger partial charge in [-0.1, -0.05) is 19.8 Å². The number of aryl methyl sites for hydroxylation is 1. The van der Waals surface area contributed by atoms with Crippen molar-refractivity contribution in [1.29, 1.82) is 0 Å². The van der Waals surface area contributed by atoms with Gasteiger partial charge in [0.15, 0.2) is 5.13 Å². The highest BCUT2D eigenvalue weighted by atomic mass is 32.1. The maximum atomic E-state index is 10.3. The van der Waals surface area contributed by atoms with E-state index in [2.05, 4.69) is 22.6 Å². The van der Waals surface area contributed by atoms with Crippen LogP contribution in [0.3, 0.4) is 0 Å². The van der Waals surface area contributed by atoms with Crippen LogP contribution >= 0.6 is 11.3 Å². The Labute approximate surface area is 106 Å². The molecule has 0 aliphatic rings. The molecule has 0 aliphatic heterocycles. The highest BCUT2D eigenvalue weighted by Gasteiger charge is 1.99. The number of anilines is 1. The van der Waals surface area contributed by atoms with E-state index in [0.717, 1.165) is 49.5 Å². The zero-order valence-corrected chi connectivity index (χ0v) is 11.1. The van der Waals surface area contributed by atoms with Crippen LogP contribution in [0, 0.1) is 0 Å². The first-order valence-electron chi connectivity index (χ1n) is 6.12. The number of nitrogens with one attached hydrogen (secondary N) is 1. The molecule has 0 amide bonds. The van der Waals surface area contributed by atoms with E-state index in [0.29, 0.717) is 6.42 Å². The summed E-state index contributed by atoms with van der Waals surface area (Å²) in [6.45, 7) is 3.02. The number of carbonyl (C=O) groups is 1. The standard InChI is InChI=1S/C12H20N2O2S/c1-2-10-9-17-12(14-10)13-8-6-4-3-5-7-11(15)16/h9H,2-8H2,1H3,(H,13,14)(H,15,16). The second kappa shape index (κ2) is 8.06. The molecular formula is C12H20N2O2S. The van der Waals surface area contributed by atoms with E-state index in [4.69, 9.17) is 5.11 Å². The zero-order valence-electron chi connectivity index (χ0n) is 10.2. The Morgan fingerprint density at radius 2 is 2.18 bits per heavy atom. The Bertz CT molecular complexity index is 339. The first-order chi connectivity index (χ1) is 8.22. The summed E-state index contributed by atoms with van der Waals surface area (Å²) in [5.74, 6) is -0.696. The summed E-state index contributed by atoms with van der Waals surface area (Å²) in [6, 6.07) is 0. The number of hydrogen-bond acceptors (Lipinski definition) is 4. The Balaban J connectivity index is 1.98. The lowest BCUT2D eigenvalue weighted by atomic mass is 10.1. The number of carboxylic acid groups (broad SMARTS) is 1. The van der Waals surface area contributed by atoms with E-state index in [1.807, 2.05) is 0 Å². The topological polar surface area (TPSA) is 62.2 Å². The summed E-state index contributed by atoms with van der Waals surface area (Å²) in [5.41, 5.74) is 1.14. The minimum atomic E-state index is -0.696. The molecule has 0 saturated heterocycles. The Hall–Kier alpha value is -1.10. The fraction of sp³-hybridized carbons (Fsp3) is 0.667. The van der Waals surface area contributed by atoms with Gasteiger partial charge in [-0.05, 0) is 19.3 Å². The predicted octanol–water partition coefficient (Wildman–Crippen LogP) is 3.15. The minimum absolute atomic E-state index is 0.291. The van der Waals surface area contributed by atoms with Gasteiger partial charge in [-0.25, -0.2) is 4.98 Å². The van der Waals surface area contributed by atoms with E-state index in [1.54, 1.807) is 11.3 Å². The molecule has 0 aliphatic carbocycles. The first kappa shape index (κ1) is 14.0. The van der Waals surface area contributed by atoms with Crippen molar-refractivity contribution in [1.82, 2.24) is 4.98 Å². The van der Waals surface area contributed by atoms with Crippen molar-refractivity contribution in [3.8, 4) is 0 Å². The molecule has 0 radical (unpaired) electrons. The predicted molar refractivity (Wildman–Crippen MR) is 70.7 cm³/mol. The van der Waals surface area contributed by atoms with E-state index >= 15 is 0 Å². The molecule has 4 nitrogen and oxygen atoms in total. The van der Waals surface area contributed by atoms with Crippen LogP contribution in [-0.4, -0.2) is 22.6 Å². The van der Waals surface area contributed by atoms with Gasteiger partial charge in [0.1, 0.15) is 0 Å². The van der Waals surface area contributed by atoms with E-state index in [1.165, 1.54) is 0 Å². The maximum absolute atomic E-state index is 10.3. The van der Waals surface area contributed by atoms with Crippen LogP contribution in [0.4, 0.5) is 5.13 Å². The van der Waals surface area contributed by atoms with Crippen LogP contribution in [0.5, 0.6) is 0 Å². The first-order valence-corrected chi connectivity index (χ1v) is 7.00. The minimum Gasteiger partial charge on any atom is -0.481 e. The van der Waals surface area contributed by atoms with E-state index in [-0.39, 0.29) is 0 Å². The van der Waals surface area contributed by atoms with Crippen molar-refractivity contribution in [2.24, 2.45) is 0 Å². The number of aromatic nitrogens is 1. The highest BCUT2D eigenvalue weighted by molar-refractivity contribution is 7.13. The smallest absolute Gasteiger partial charge is 0.303 e. The largest absolute Gasteiger partial charge is 0.481 e. The fourth-order valence-corrected chi connectivity index (χ4v) is 2.32. The number of carboxylic acids is 1. The molecule has 17 heavy (non-hydrogen) atoms. The summed E-state index contributed by atoms with van der Waals surface area (Å²) in [4.78, 5) is 14.7. The highest BCUT2D eigenvalue weighted by Crippen LogP contribution is 2.15. The van der Waals surface area contributed by atoms with Crippen molar-refractivity contribution in [3.63, 3.8) is 0 Å². The van der Waals surface area contributed by atoms with Gasteiger partial charge < -0.3 is 10.4 Å². The Morgan fingerprint density at radius 3 is 2.82 bits per heavy atom. The van der Waals surface area contributed by atoms with Gasteiger partial charge in [-0.2, -0.15) is 0 Å². The third-order valence-electron chi connectivity index (χ3n) is 2.51. The van der Waals surface area contributed by atoms with Crippen molar-refractivity contribution in [3.05, 3.63) is 11.1 Å². The van der Waals surface area contributed by atoms with Crippen LogP contribution in [0.15, 0.2) is 5.38 Å². The second-order valence-corrected chi connectivity index (χ2v) is 4.84. The molecule has 96 valence electrons. The van der Waals surface area contributed by atoms with Gasteiger partial charge in [0.2, 0.25) is 0 Å². The third-order valence-corrected chi connectivity index (χ3v) is 3.36. The molecule has 1 rings (SSSR count). The lowest BCUT2D eigenvalue weighted by Crippen LogP contribution is -2.01. The molecule has 2 N–H and O–H groups in total. The van der Waals surface area contributed by atoms with Gasteiger partial charge in [0, 0.05) is 18.3 Å². The molecule has 0 saturated carbocycles. The van der Waals surface area contributed by atoms with Crippen LogP contribution in [-0.2, 0) is 11.2 Å². The summed E-state index contributed by atoms with van der Waals surface area (Å²) in [7, 11) is 0. The Kier molecular flexibility index (Phi) is 6.62. The van der Waals surface area contributed by atoms with E-state index < -0.39 is 5.97 Å². The molecule has 5 heteroatoms. The van der Waals surface area contributed by atoms with Crippen LogP contribution in [0.25, 0.3) is 0 Å². The summed E-state index contributed by atoms with van der Waals surface area (Å²) < 4.78 is 0. The number of rotatable bonds is 9. The average molecular weight is 256 g/mol. The number of hydrogen-bond donors (Lipinski definition) is 2. The lowest BCUT2D eigenvalue weighted by molar-refractivity contribution is -0.137. The number of aliphatic carboxylic acids is 1. The average Bonchev–Trinajstić information content (AvgIpc) is 2.75. The van der Waals surface area contributed by atoms with Crippen molar-refractivity contribution in [2.45, 2.75) is 45.4 Å². The molecule has 0 aromatic carbocycles. The van der Waals surface area contributed by atoms with Crippen LogP contribution in [0.1, 0.15) is 44.7 Å². The zero-order chi connectivity index (χ0) is 12.5. The van der Waals surface area contributed by atoms with E-state index in [9.17, 15) is 4.79 Å². The monoisotopic (exact) mass is 256 g/mol. The fourth-order valence-electron chi connectivity index (χ4n) is 1.50. The maximum Gasteiger partial charge on any atom is 0.303 e. The van der Waals surface area contributed by atoms with Crippen molar-refractivity contribution >= 4 is 22.4 Å². The normalized spacial score (nSPS) is 10.4. The Morgan fingerprint density at radius 1 is 1.41 bits per heavy atom. The van der Waals surface area contributed by atoms with Crippen LogP contribution in [0.2, 0.25) is 0 Å². The van der Waals surface area contributed by atoms with Crippen LogP contribution < -0.4 is 5.32 Å².